The standard InChI is InChI=1S/C17H28N4O2/c1-4-23-16-6-5-15(12-18-16)17(22)19-11-14(2)13-21-9-7-20(3)8-10-21/h5-6,12,14H,4,7-11,13H2,1-3H3,(H,19,22). The van der Waals surface area contributed by atoms with Gasteiger partial charge in [-0.2, -0.15) is 0 Å². The third-order valence-electron chi connectivity index (χ3n) is 4.07. The molecule has 1 saturated heterocycles. The lowest BCUT2D eigenvalue weighted by Gasteiger charge is -2.33. The number of nitrogens with zero attached hydrogens (tertiary/aromatic N) is 3. The van der Waals surface area contributed by atoms with Gasteiger partial charge in [0, 0.05) is 51.5 Å². The monoisotopic (exact) mass is 320 g/mol. The molecule has 2 rings (SSSR count). The van der Waals surface area contributed by atoms with Crippen LogP contribution in [0.1, 0.15) is 24.2 Å². The minimum atomic E-state index is -0.0780. The third kappa shape index (κ3) is 5.80. The van der Waals surface area contributed by atoms with Crippen LogP contribution >= 0.6 is 0 Å². The lowest BCUT2D eigenvalue weighted by Crippen LogP contribution is -2.46. The molecular formula is C17H28N4O2. The molecule has 1 atom stereocenters. The van der Waals surface area contributed by atoms with Crippen LogP contribution in [0.2, 0.25) is 0 Å². The van der Waals surface area contributed by atoms with Crippen LogP contribution in [-0.2, 0) is 0 Å². The Morgan fingerprint density at radius 3 is 2.70 bits per heavy atom. The molecule has 1 aromatic heterocycles. The van der Waals surface area contributed by atoms with E-state index in [4.69, 9.17) is 4.74 Å². The summed E-state index contributed by atoms with van der Waals surface area (Å²) in [5.74, 6) is 0.899. The summed E-state index contributed by atoms with van der Waals surface area (Å²) in [5.41, 5.74) is 0.570. The largest absolute Gasteiger partial charge is 0.478 e. The number of amides is 1. The van der Waals surface area contributed by atoms with Crippen molar-refractivity contribution in [1.29, 1.82) is 0 Å². The Labute approximate surface area is 138 Å². The quantitative estimate of drug-likeness (QED) is 0.815. The number of carbonyl (C=O) groups is 1. The molecule has 0 aliphatic carbocycles. The summed E-state index contributed by atoms with van der Waals surface area (Å²) < 4.78 is 5.28. The van der Waals surface area contributed by atoms with Crippen molar-refractivity contribution in [2.45, 2.75) is 13.8 Å². The second-order valence-corrected chi connectivity index (χ2v) is 6.24. The Balaban J connectivity index is 1.72. The summed E-state index contributed by atoms with van der Waals surface area (Å²) in [6, 6.07) is 3.48. The number of nitrogens with one attached hydrogen (secondary N) is 1. The lowest BCUT2D eigenvalue weighted by molar-refractivity contribution is 0.0937. The second kappa shape index (κ2) is 8.84. The van der Waals surface area contributed by atoms with Crippen molar-refractivity contribution >= 4 is 5.91 Å². The van der Waals surface area contributed by atoms with Crippen LogP contribution in [-0.4, -0.2) is 73.6 Å². The van der Waals surface area contributed by atoms with Gasteiger partial charge < -0.3 is 19.9 Å². The van der Waals surface area contributed by atoms with Gasteiger partial charge in [0.05, 0.1) is 12.2 Å². The number of piperazine rings is 1. The van der Waals surface area contributed by atoms with Crippen LogP contribution in [0.3, 0.4) is 0 Å². The van der Waals surface area contributed by atoms with Crippen molar-refractivity contribution < 1.29 is 9.53 Å². The molecule has 6 nitrogen and oxygen atoms in total. The Morgan fingerprint density at radius 2 is 2.09 bits per heavy atom. The predicted molar refractivity (Wildman–Crippen MR) is 90.8 cm³/mol. The smallest absolute Gasteiger partial charge is 0.252 e. The van der Waals surface area contributed by atoms with E-state index in [2.05, 4.69) is 34.1 Å². The molecule has 1 aliphatic heterocycles. The van der Waals surface area contributed by atoms with Crippen molar-refractivity contribution in [2.24, 2.45) is 5.92 Å². The van der Waals surface area contributed by atoms with Crippen molar-refractivity contribution in [2.75, 3.05) is 52.9 Å². The van der Waals surface area contributed by atoms with E-state index >= 15 is 0 Å². The molecule has 1 unspecified atom stereocenters. The number of hydrogen-bond donors (Lipinski definition) is 1. The zero-order chi connectivity index (χ0) is 16.7. The van der Waals surface area contributed by atoms with Gasteiger partial charge in [-0.15, -0.1) is 0 Å². The average molecular weight is 320 g/mol. The van der Waals surface area contributed by atoms with E-state index in [1.54, 1.807) is 18.3 Å². The van der Waals surface area contributed by atoms with Gasteiger partial charge in [-0.3, -0.25) is 4.79 Å². The zero-order valence-electron chi connectivity index (χ0n) is 14.4. The number of ether oxygens (including phenoxy) is 1. The van der Waals surface area contributed by atoms with Gasteiger partial charge in [-0.25, -0.2) is 4.98 Å². The van der Waals surface area contributed by atoms with Crippen molar-refractivity contribution in [3.05, 3.63) is 23.9 Å². The van der Waals surface area contributed by atoms with Gasteiger partial charge >= 0.3 is 0 Å². The van der Waals surface area contributed by atoms with Crippen LogP contribution in [0.15, 0.2) is 18.3 Å². The Bertz CT molecular complexity index is 484. The van der Waals surface area contributed by atoms with E-state index in [9.17, 15) is 4.79 Å². The van der Waals surface area contributed by atoms with E-state index in [0.717, 1.165) is 32.7 Å². The van der Waals surface area contributed by atoms with Gasteiger partial charge in [-0.05, 0) is 26.0 Å². The Hall–Kier alpha value is -1.66. The summed E-state index contributed by atoms with van der Waals surface area (Å²) in [7, 11) is 2.16. The van der Waals surface area contributed by atoms with Gasteiger partial charge in [0.15, 0.2) is 0 Å². The number of pyridine rings is 1. The van der Waals surface area contributed by atoms with E-state index < -0.39 is 0 Å². The Kier molecular flexibility index (Phi) is 6.80. The van der Waals surface area contributed by atoms with Crippen molar-refractivity contribution in [3.63, 3.8) is 0 Å². The third-order valence-corrected chi connectivity index (χ3v) is 4.07. The van der Waals surface area contributed by atoms with Crippen molar-refractivity contribution in [3.8, 4) is 5.88 Å². The van der Waals surface area contributed by atoms with Gasteiger partial charge in [0.1, 0.15) is 0 Å². The molecule has 1 aromatic rings. The first-order chi connectivity index (χ1) is 11.1. The topological polar surface area (TPSA) is 57.7 Å². The summed E-state index contributed by atoms with van der Waals surface area (Å²) in [5, 5.41) is 2.99. The normalized spacial score (nSPS) is 17.7. The molecule has 23 heavy (non-hydrogen) atoms. The van der Waals surface area contributed by atoms with Crippen molar-refractivity contribution in [1.82, 2.24) is 20.1 Å². The first-order valence-corrected chi connectivity index (χ1v) is 8.36. The highest BCUT2D eigenvalue weighted by Gasteiger charge is 2.16. The van der Waals surface area contributed by atoms with E-state index in [-0.39, 0.29) is 5.91 Å². The highest BCUT2D eigenvalue weighted by Crippen LogP contribution is 2.08. The second-order valence-electron chi connectivity index (χ2n) is 6.24. The van der Waals surface area contributed by atoms with E-state index in [1.807, 2.05) is 6.92 Å². The molecule has 0 aromatic carbocycles. The van der Waals surface area contributed by atoms with E-state index in [0.29, 0.717) is 30.5 Å². The maximum atomic E-state index is 12.1. The fraction of sp³-hybridized carbons (Fsp3) is 0.647. The molecule has 1 fully saturated rings. The number of aromatic nitrogens is 1. The van der Waals surface area contributed by atoms with Gasteiger partial charge in [0.2, 0.25) is 5.88 Å². The summed E-state index contributed by atoms with van der Waals surface area (Å²) >= 11 is 0. The molecule has 1 amide bonds. The maximum absolute atomic E-state index is 12.1. The van der Waals surface area contributed by atoms with Crippen LogP contribution in [0.4, 0.5) is 0 Å². The number of likely N-dealkylation sites (N-methyl/N-ethyl adjacent to an activating group) is 1. The number of hydrogen-bond acceptors (Lipinski definition) is 5. The maximum Gasteiger partial charge on any atom is 0.252 e. The Morgan fingerprint density at radius 1 is 1.35 bits per heavy atom. The van der Waals surface area contributed by atoms with Crippen LogP contribution < -0.4 is 10.1 Å². The fourth-order valence-electron chi connectivity index (χ4n) is 2.65. The number of rotatable bonds is 7. The average Bonchev–Trinajstić information content (AvgIpc) is 2.56. The highest BCUT2D eigenvalue weighted by molar-refractivity contribution is 5.93. The first-order valence-electron chi connectivity index (χ1n) is 8.36. The van der Waals surface area contributed by atoms with Crippen LogP contribution in [0.25, 0.3) is 0 Å². The molecule has 0 saturated carbocycles. The van der Waals surface area contributed by atoms with Gasteiger partial charge in [-0.1, -0.05) is 6.92 Å². The molecule has 6 heteroatoms. The van der Waals surface area contributed by atoms with Crippen LogP contribution in [0.5, 0.6) is 5.88 Å². The molecular weight excluding hydrogens is 292 g/mol. The highest BCUT2D eigenvalue weighted by atomic mass is 16.5. The number of carbonyl (C=O) groups excluding carboxylic acids is 1. The molecule has 0 radical (unpaired) electrons. The fourth-order valence-corrected chi connectivity index (χ4v) is 2.65. The summed E-state index contributed by atoms with van der Waals surface area (Å²) in [6.07, 6.45) is 1.56. The molecule has 0 spiro atoms. The molecule has 1 N–H and O–H groups in total. The summed E-state index contributed by atoms with van der Waals surface area (Å²) in [6.45, 7) is 10.8. The van der Waals surface area contributed by atoms with E-state index in [1.165, 1.54) is 0 Å². The minimum Gasteiger partial charge on any atom is -0.478 e. The molecule has 1 aliphatic rings. The van der Waals surface area contributed by atoms with Crippen LogP contribution in [0, 0.1) is 5.92 Å². The minimum absolute atomic E-state index is 0.0780. The predicted octanol–water partition coefficient (Wildman–Crippen LogP) is 1.09. The zero-order valence-corrected chi connectivity index (χ0v) is 14.4. The summed E-state index contributed by atoms with van der Waals surface area (Å²) in [4.78, 5) is 21.1. The molecule has 128 valence electrons. The molecule has 0 bridgehead atoms. The first kappa shape index (κ1) is 17.7. The SMILES string of the molecule is CCOc1ccc(C(=O)NCC(C)CN2CCN(C)CC2)cn1. The lowest BCUT2D eigenvalue weighted by atomic mass is 10.1. The molecule has 2 heterocycles. The van der Waals surface area contributed by atoms with Gasteiger partial charge in [0.25, 0.3) is 5.91 Å².